The van der Waals surface area contributed by atoms with Crippen LogP contribution >= 0.6 is 23.2 Å². The summed E-state index contributed by atoms with van der Waals surface area (Å²) in [6.07, 6.45) is 4.23. The topological polar surface area (TPSA) is 61.6 Å². The maximum absolute atomic E-state index is 12.3. The number of halogens is 2. The Bertz CT molecular complexity index is 975. The Labute approximate surface area is 172 Å². The Hall–Kier alpha value is -2.08. The lowest BCUT2D eigenvalue weighted by Crippen LogP contribution is -2.10. The van der Waals surface area contributed by atoms with E-state index in [0.29, 0.717) is 50.9 Å². The quantitative estimate of drug-likeness (QED) is 0.366. The van der Waals surface area contributed by atoms with Crippen molar-refractivity contribution in [1.82, 2.24) is 4.98 Å². The van der Waals surface area contributed by atoms with Crippen molar-refractivity contribution < 1.29 is 18.7 Å². The zero-order chi connectivity index (χ0) is 19.5. The molecule has 0 amide bonds. The van der Waals surface area contributed by atoms with Crippen molar-refractivity contribution in [3.8, 4) is 11.5 Å². The van der Waals surface area contributed by atoms with Crippen LogP contribution in [-0.4, -0.2) is 30.3 Å². The third-order valence-electron chi connectivity index (χ3n) is 4.66. The molecular weight excluding hydrogens is 401 g/mol. The van der Waals surface area contributed by atoms with E-state index in [4.69, 9.17) is 37.1 Å². The highest BCUT2D eigenvalue weighted by molar-refractivity contribution is 6.35. The standard InChI is InChI=1S/C21H19Cl2NO4/c22-15-9-14(10-16(23)12-15)20-24-18-6-5-13(11-19(18)28-20)21(25)27-8-2-4-17-3-1-7-26-17/h5-6,9-12,17H,1-4,7-8H2. The number of ether oxygens (including phenoxy) is 2. The van der Waals surface area contributed by atoms with Crippen LogP contribution in [0.3, 0.4) is 0 Å². The molecule has 1 aromatic heterocycles. The summed E-state index contributed by atoms with van der Waals surface area (Å²) >= 11 is 12.1. The first-order valence-electron chi connectivity index (χ1n) is 9.24. The molecule has 0 saturated carbocycles. The zero-order valence-corrected chi connectivity index (χ0v) is 16.6. The van der Waals surface area contributed by atoms with Crippen molar-refractivity contribution in [2.45, 2.75) is 31.8 Å². The van der Waals surface area contributed by atoms with Gasteiger partial charge in [0.25, 0.3) is 0 Å². The van der Waals surface area contributed by atoms with Gasteiger partial charge < -0.3 is 13.9 Å². The van der Waals surface area contributed by atoms with Gasteiger partial charge >= 0.3 is 5.97 Å². The van der Waals surface area contributed by atoms with Gasteiger partial charge in [0.2, 0.25) is 5.89 Å². The molecule has 7 heteroatoms. The molecule has 1 unspecified atom stereocenters. The molecule has 0 spiro atoms. The second kappa shape index (κ2) is 8.52. The molecule has 0 bridgehead atoms. The highest BCUT2D eigenvalue weighted by Crippen LogP contribution is 2.29. The van der Waals surface area contributed by atoms with Gasteiger partial charge in [0.15, 0.2) is 5.58 Å². The SMILES string of the molecule is O=C(OCCCC1CCCO1)c1ccc2nc(-c3cc(Cl)cc(Cl)c3)oc2c1. The van der Waals surface area contributed by atoms with Crippen LogP contribution in [0.15, 0.2) is 40.8 Å². The molecule has 0 aliphatic carbocycles. The zero-order valence-electron chi connectivity index (χ0n) is 15.1. The molecular formula is C21H19Cl2NO4. The summed E-state index contributed by atoms with van der Waals surface area (Å²) in [5.74, 6) is 0.0134. The minimum atomic E-state index is -0.377. The van der Waals surface area contributed by atoms with Crippen molar-refractivity contribution in [3.05, 3.63) is 52.0 Å². The van der Waals surface area contributed by atoms with E-state index < -0.39 is 0 Å². The molecule has 28 heavy (non-hydrogen) atoms. The van der Waals surface area contributed by atoms with E-state index in [0.717, 1.165) is 32.3 Å². The number of nitrogens with zero attached hydrogens (tertiary/aromatic N) is 1. The summed E-state index contributed by atoms with van der Waals surface area (Å²) in [6, 6.07) is 10.1. The second-order valence-electron chi connectivity index (χ2n) is 6.77. The lowest BCUT2D eigenvalue weighted by molar-refractivity contribution is 0.0461. The molecule has 0 radical (unpaired) electrons. The number of hydrogen-bond acceptors (Lipinski definition) is 5. The number of hydrogen-bond donors (Lipinski definition) is 0. The Morgan fingerprint density at radius 1 is 1.18 bits per heavy atom. The first-order valence-corrected chi connectivity index (χ1v) is 10.00. The Kier molecular flexibility index (Phi) is 5.85. The molecule has 1 saturated heterocycles. The van der Waals surface area contributed by atoms with Gasteiger partial charge in [-0.15, -0.1) is 0 Å². The fourth-order valence-corrected chi connectivity index (χ4v) is 3.81. The summed E-state index contributed by atoms with van der Waals surface area (Å²) in [5.41, 5.74) is 2.24. The first kappa shape index (κ1) is 19.2. The molecule has 5 nitrogen and oxygen atoms in total. The van der Waals surface area contributed by atoms with Gasteiger partial charge in [-0.1, -0.05) is 23.2 Å². The van der Waals surface area contributed by atoms with E-state index in [1.165, 1.54) is 0 Å². The molecule has 1 aliphatic rings. The van der Waals surface area contributed by atoms with E-state index in [9.17, 15) is 4.79 Å². The average molecular weight is 420 g/mol. The van der Waals surface area contributed by atoms with E-state index in [-0.39, 0.29) is 5.97 Å². The van der Waals surface area contributed by atoms with Gasteiger partial charge in [0.1, 0.15) is 5.52 Å². The summed E-state index contributed by atoms with van der Waals surface area (Å²) in [7, 11) is 0. The van der Waals surface area contributed by atoms with Gasteiger partial charge in [0, 0.05) is 22.2 Å². The molecule has 1 atom stereocenters. The van der Waals surface area contributed by atoms with Gasteiger partial charge in [0.05, 0.1) is 18.3 Å². The number of benzene rings is 2. The molecule has 2 aromatic carbocycles. The molecule has 146 valence electrons. The lowest BCUT2D eigenvalue weighted by atomic mass is 10.1. The van der Waals surface area contributed by atoms with Crippen molar-refractivity contribution in [3.63, 3.8) is 0 Å². The number of carbonyl (C=O) groups excluding carboxylic acids is 1. The third kappa shape index (κ3) is 4.49. The maximum Gasteiger partial charge on any atom is 0.338 e. The smallest absolute Gasteiger partial charge is 0.338 e. The van der Waals surface area contributed by atoms with Crippen LogP contribution in [0.25, 0.3) is 22.6 Å². The maximum atomic E-state index is 12.3. The molecule has 2 heterocycles. The van der Waals surface area contributed by atoms with Crippen LogP contribution in [-0.2, 0) is 9.47 Å². The number of rotatable bonds is 6. The third-order valence-corrected chi connectivity index (χ3v) is 5.10. The fourth-order valence-electron chi connectivity index (χ4n) is 3.28. The molecule has 4 rings (SSSR count). The van der Waals surface area contributed by atoms with Crippen molar-refractivity contribution >= 4 is 40.3 Å². The number of fused-ring (bicyclic) bond motifs is 1. The minimum Gasteiger partial charge on any atom is -0.462 e. The van der Waals surface area contributed by atoms with Gasteiger partial charge in [-0.2, -0.15) is 0 Å². The van der Waals surface area contributed by atoms with Crippen LogP contribution < -0.4 is 0 Å². The highest BCUT2D eigenvalue weighted by Gasteiger charge is 2.16. The molecule has 1 aliphatic heterocycles. The molecule has 3 aromatic rings. The second-order valence-corrected chi connectivity index (χ2v) is 7.65. The van der Waals surface area contributed by atoms with Crippen LogP contribution in [0.5, 0.6) is 0 Å². The monoisotopic (exact) mass is 419 g/mol. The summed E-state index contributed by atoms with van der Waals surface area (Å²) < 4.78 is 16.7. The Morgan fingerprint density at radius 3 is 2.75 bits per heavy atom. The molecule has 1 fully saturated rings. The van der Waals surface area contributed by atoms with Crippen molar-refractivity contribution in [2.75, 3.05) is 13.2 Å². The predicted molar refractivity (Wildman–Crippen MR) is 108 cm³/mol. The Morgan fingerprint density at radius 2 is 2.00 bits per heavy atom. The number of oxazole rings is 1. The number of esters is 1. The van der Waals surface area contributed by atoms with Crippen LogP contribution in [0, 0.1) is 0 Å². The van der Waals surface area contributed by atoms with Gasteiger partial charge in [-0.05, 0) is 62.1 Å². The first-order chi connectivity index (χ1) is 13.6. The summed E-state index contributed by atoms with van der Waals surface area (Å²) in [6.45, 7) is 1.21. The van der Waals surface area contributed by atoms with Gasteiger partial charge in [-0.25, -0.2) is 9.78 Å². The highest BCUT2D eigenvalue weighted by atomic mass is 35.5. The van der Waals surface area contributed by atoms with Crippen LogP contribution in [0.4, 0.5) is 0 Å². The fraction of sp³-hybridized carbons (Fsp3) is 0.333. The minimum absolute atomic E-state index is 0.308. The van der Waals surface area contributed by atoms with E-state index in [1.54, 1.807) is 36.4 Å². The average Bonchev–Trinajstić information content (AvgIpc) is 3.33. The number of aromatic nitrogens is 1. The predicted octanol–water partition coefficient (Wildman–Crippen LogP) is 5.92. The van der Waals surface area contributed by atoms with E-state index in [1.807, 2.05) is 0 Å². The number of carbonyl (C=O) groups is 1. The van der Waals surface area contributed by atoms with Crippen molar-refractivity contribution in [2.24, 2.45) is 0 Å². The Balaban J connectivity index is 1.43. The summed E-state index contributed by atoms with van der Waals surface area (Å²) in [5, 5.41) is 0.994. The van der Waals surface area contributed by atoms with E-state index >= 15 is 0 Å². The van der Waals surface area contributed by atoms with Crippen molar-refractivity contribution in [1.29, 1.82) is 0 Å². The normalized spacial score (nSPS) is 16.6. The largest absolute Gasteiger partial charge is 0.462 e. The van der Waals surface area contributed by atoms with Crippen LogP contribution in [0.1, 0.15) is 36.0 Å². The lowest BCUT2D eigenvalue weighted by Gasteiger charge is -2.09. The van der Waals surface area contributed by atoms with Gasteiger partial charge in [-0.3, -0.25) is 0 Å². The van der Waals surface area contributed by atoms with Crippen LogP contribution in [0.2, 0.25) is 10.0 Å². The summed E-state index contributed by atoms with van der Waals surface area (Å²) in [4.78, 5) is 16.7. The molecule has 0 N–H and O–H groups in total. The van der Waals surface area contributed by atoms with E-state index in [2.05, 4.69) is 4.98 Å².